The molecular formula is C12H22N4O2. The molecule has 0 aromatic heterocycles. The predicted molar refractivity (Wildman–Crippen MR) is 69.3 cm³/mol. The number of guanidine groups is 1. The average molecular weight is 254 g/mol. The van der Waals surface area contributed by atoms with Crippen LogP contribution in [0.4, 0.5) is 0 Å². The minimum absolute atomic E-state index is 0.111. The van der Waals surface area contributed by atoms with Crippen LogP contribution < -0.4 is 16.0 Å². The maximum Gasteiger partial charge on any atom is 0.220 e. The number of amides is 1. The highest BCUT2D eigenvalue weighted by atomic mass is 16.3. The molecule has 4 N–H and O–H groups in total. The van der Waals surface area contributed by atoms with Gasteiger partial charge in [-0.3, -0.25) is 9.79 Å². The second-order valence-corrected chi connectivity index (χ2v) is 5.19. The second kappa shape index (κ2) is 5.56. The van der Waals surface area contributed by atoms with Crippen LogP contribution in [0.5, 0.6) is 0 Å². The van der Waals surface area contributed by atoms with E-state index in [1.807, 2.05) is 0 Å². The van der Waals surface area contributed by atoms with Crippen molar-refractivity contribution in [3.8, 4) is 0 Å². The molecule has 6 heteroatoms. The van der Waals surface area contributed by atoms with E-state index < -0.39 is 5.60 Å². The van der Waals surface area contributed by atoms with Crippen LogP contribution in [-0.2, 0) is 4.79 Å². The minimum atomic E-state index is -0.557. The molecular weight excluding hydrogens is 232 g/mol. The number of nitrogens with one attached hydrogen (secondary N) is 3. The molecule has 0 aromatic rings. The number of aliphatic hydroxyl groups is 1. The summed E-state index contributed by atoms with van der Waals surface area (Å²) in [5, 5.41) is 19.2. The van der Waals surface area contributed by atoms with Gasteiger partial charge in [0.25, 0.3) is 0 Å². The van der Waals surface area contributed by atoms with Gasteiger partial charge in [-0.2, -0.15) is 0 Å². The van der Waals surface area contributed by atoms with E-state index in [9.17, 15) is 9.90 Å². The standard InChI is InChI=1S/C12H22N4O2/c1-13-11(15-8-12(18)5-2-6-12)16-9-3-4-10(17)14-7-9/h9,18H,2-8H2,1H3,(H,14,17)(H2,13,15,16). The van der Waals surface area contributed by atoms with E-state index in [-0.39, 0.29) is 11.9 Å². The van der Waals surface area contributed by atoms with Gasteiger partial charge in [-0.1, -0.05) is 0 Å². The fourth-order valence-electron chi connectivity index (χ4n) is 2.25. The van der Waals surface area contributed by atoms with Crippen molar-refractivity contribution in [1.29, 1.82) is 0 Å². The predicted octanol–water partition coefficient (Wildman–Crippen LogP) is -0.655. The molecule has 1 saturated carbocycles. The Balaban J connectivity index is 1.73. The van der Waals surface area contributed by atoms with Gasteiger partial charge in [0, 0.05) is 32.6 Å². The van der Waals surface area contributed by atoms with Crippen molar-refractivity contribution in [2.75, 3.05) is 20.1 Å². The molecule has 2 aliphatic rings. The van der Waals surface area contributed by atoms with Crippen LogP contribution in [-0.4, -0.2) is 48.8 Å². The molecule has 102 valence electrons. The molecule has 1 unspecified atom stereocenters. The number of piperidine rings is 1. The third-order valence-corrected chi connectivity index (χ3v) is 3.70. The fraction of sp³-hybridized carbons (Fsp3) is 0.833. The summed E-state index contributed by atoms with van der Waals surface area (Å²) < 4.78 is 0. The summed E-state index contributed by atoms with van der Waals surface area (Å²) in [5.41, 5.74) is -0.557. The minimum Gasteiger partial charge on any atom is -0.388 e. The highest BCUT2D eigenvalue weighted by Gasteiger charge is 2.34. The topological polar surface area (TPSA) is 85.8 Å². The molecule has 1 aliphatic heterocycles. The van der Waals surface area contributed by atoms with Crippen molar-refractivity contribution in [2.45, 2.75) is 43.7 Å². The Morgan fingerprint density at radius 2 is 2.39 bits per heavy atom. The maximum atomic E-state index is 11.0. The molecule has 1 atom stereocenters. The zero-order chi connectivity index (χ0) is 13.0. The first-order valence-corrected chi connectivity index (χ1v) is 6.58. The summed E-state index contributed by atoms with van der Waals surface area (Å²) in [6.45, 7) is 1.16. The van der Waals surface area contributed by atoms with E-state index in [1.54, 1.807) is 7.05 Å². The SMILES string of the molecule is CN=C(NCC1(O)CCC1)NC1CCC(=O)NC1. The summed E-state index contributed by atoms with van der Waals surface area (Å²) in [6, 6.07) is 0.213. The molecule has 0 spiro atoms. The van der Waals surface area contributed by atoms with E-state index in [1.165, 1.54) is 0 Å². The van der Waals surface area contributed by atoms with Crippen LogP contribution in [0.25, 0.3) is 0 Å². The van der Waals surface area contributed by atoms with Gasteiger partial charge in [0.1, 0.15) is 0 Å². The van der Waals surface area contributed by atoms with Crippen LogP contribution in [0, 0.1) is 0 Å². The number of carbonyl (C=O) groups excluding carboxylic acids is 1. The molecule has 2 fully saturated rings. The van der Waals surface area contributed by atoms with Crippen molar-refractivity contribution in [3.63, 3.8) is 0 Å². The maximum absolute atomic E-state index is 11.0. The van der Waals surface area contributed by atoms with E-state index in [0.29, 0.717) is 25.5 Å². The molecule has 1 heterocycles. The van der Waals surface area contributed by atoms with E-state index >= 15 is 0 Å². The zero-order valence-electron chi connectivity index (χ0n) is 10.8. The van der Waals surface area contributed by atoms with Gasteiger partial charge in [-0.15, -0.1) is 0 Å². The summed E-state index contributed by atoms with van der Waals surface area (Å²) in [5.74, 6) is 0.802. The van der Waals surface area contributed by atoms with Gasteiger partial charge in [0.05, 0.1) is 5.60 Å². The lowest BCUT2D eigenvalue weighted by atomic mass is 9.80. The van der Waals surface area contributed by atoms with E-state index in [4.69, 9.17) is 0 Å². The van der Waals surface area contributed by atoms with Crippen molar-refractivity contribution in [2.24, 2.45) is 4.99 Å². The van der Waals surface area contributed by atoms with E-state index in [0.717, 1.165) is 25.7 Å². The molecule has 1 saturated heterocycles. The Labute approximate surface area is 107 Å². The number of hydrogen-bond donors (Lipinski definition) is 4. The van der Waals surface area contributed by atoms with Gasteiger partial charge in [0.15, 0.2) is 5.96 Å². The van der Waals surface area contributed by atoms with Gasteiger partial charge < -0.3 is 21.1 Å². The lowest BCUT2D eigenvalue weighted by Gasteiger charge is -2.37. The molecule has 0 radical (unpaired) electrons. The first-order chi connectivity index (χ1) is 8.61. The zero-order valence-corrected chi connectivity index (χ0v) is 10.8. The lowest BCUT2D eigenvalue weighted by Crippen LogP contribution is -2.55. The number of aliphatic imine (C=N–C) groups is 1. The summed E-state index contributed by atoms with van der Waals surface area (Å²) in [7, 11) is 1.71. The fourth-order valence-corrected chi connectivity index (χ4v) is 2.25. The van der Waals surface area contributed by atoms with Crippen molar-refractivity contribution >= 4 is 11.9 Å². The monoisotopic (exact) mass is 254 g/mol. The Hall–Kier alpha value is -1.30. The summed E-state index contributed by atoms with van der Waals surface area (Å²) in [6.07, 6.45) is 4.18. The second-order valence-electron chi connectivity index (χ2n) is 5.19. The third-order valence-electron chi connectivity index (χ3n) is 3.70. The third kappa shape index (κ3) is 3.35. The Bertz CT molecular complexity index is 329. The Kier molecular flexibility index (Phi) is 4.06. The molecule has 1 aliphatic carbocycles. The molecule has 0 bridgehead atoms. The van der Waals surface area contributed by atoms with Gasteiger partial charge in [0.2, 0.25) is 5.91 Å². The molecule has 2 rings (SSSR count). The quantitative estimate of drug-likeness (QED) is 0.398. The summed E-state index contributed by atoms with van der Waals surface area (Å²) in [4.78, 5) is 15.2. The van der Waals surface area contributed by atoms with Crippen LogP contribution in [0.1, 0.15) is 32.1 Å². The van der Waals surface area contributed by atoms with Crippen molar-refractivity contribution in [3.05, 3.63) is 0 Å². The van der Waals surface area contributed by atoms with Gasteiger partial charge in [-0.25, -0.2) is 0 Å². The van der Waals surface area contributed by atoms with Crippen molar-refractivity contribution < 1.29 is 9.90 Å². The Morgan fingerprint density at radius 3 is 2.89 bits per heavy atom. The number of carbonyl (C=O) groups is 1. The largest absolute Gasteiger partial charge is 0.388 e. The lowest BCUT2D eigenvalue weighted by molar-refractivity contribution is -0.122. The normalized spacial score (nSPS) is 27.1. The van der Waals surface area contributed by atoms with Crippen LogP contribution in [0.15, 0.2) is 4.99 Å². The number of hydrogen-bond acceptors (Lipinski definition) is 3. The first-order valence-electron chi connectivity index (χ1n) is 6.58. The van der Waals surface area contributed by atoms with Crippen LogP contribution in [0.2, 0.25) is 0 Å². The number of rotatable bonds is 3. The highest BCUT2D eigenvalue weighted by Crippen LogP contribution is 2.30. The molecule has 0 aromatic carbocycles. The smallest absolute Gasteiger partial charge is 0.220 e. The molecule has 6 nitrogen and oxygen atoms in total. The average Bonchev–Trinajstić information content (AvgIpc) is 2.34. The Morgan fingerprint density at radius 1 is 1.61 bits per heavy atom. The van der Waals surface area contributed by atoms with Crippen LogP contribution in [0.3, 0.4) is 0 Å². The summed E-state index contributed by atoms with van der Waals surface area (Å²) >= 11 is 0. The van der Waals surface area contributed by atoms with Crippen LogP contribution >= 0.6 is 0 Å². The van der Waals surface area contributed by atoms with Gasteiger partial charge >= 0.3 is 0 Å². The van der Waals surface area contributed by atoms with E-state index in [2.05, 4.69) is 20.9 Å². The van der Waals surface area contributed by atoms with Crippen molar-refractivity contribution in [1.82, 2.24) is 16.0 Å². The first kappa shape index (κ1) is 13.1. The van der Waals surface area contributed by atoms with Gasteiger partial charge in [-0.05, 0) is 25.7 Å². The number of nitrogens with zero attached hydrogens (tertiary/aromatic N) is 1. The highest BCUT2D eigenvalue weighted by molar-refractivity contribution is 5.81. The molecule has 1 amide bonds. The molecule has 18 heavy (non-hydrogen) atoms.